The maximum atomic E-state index is 11.6. The van der Waals surface area contributed by atoms with E-state index in [1.165, 1.54) is 0 Å². The van der Waals surface area contributed by atoms with Crippen LogP contribution in [0, 0.1) is 0 Å². The fraction of sp³-hybridized carbons (Fsp3) is 0.857. The third-order valence-corrected chi connectivity index (χ3v) is 1.22. The number of ketones is 1. The molecule has 0 bridgehead atoms. The lowest BCUT2D eigenvalue weighted by molar-refractivity contribution is -0.176. The predicted molar refractivity (Wildman–Crippen MR) is 37.2 cm³/mol. The number of halogens is 6. The monoisotopic (exact) mass is 238 g/mol. The summed E-state index contributed by atoms with van der Waals surface area (Å²) in [6.07, 6.45) is -11.3. The van der Waals surface area contributed by atoms with Gasteiger partial charge in [0.05, 0.1) is 6.42 Å². The SMILES string of the molecule is O=C(CCC(F)(F)F)COCC(F)(F)F. The Kier molecular flexibility index (Phi) is 5.06. The third kappa shape index (κ3) is 11.1. The van der Waals surface area contributed by atoms with Crippen LogP contribution in [0.15, 0.2) is 0 Å². The molecule has 0 rings (SSSR count). The van der Waals surface area contributed by atoms with Crippen molar-refractivity contribution in [1.29, 1.82) is 0 Å². The van der Waals surface area contributed by atoms with Crippen molar-refractivity contribution in [2.75, 3.05) is 13.2 Å². The summed E-state index contributed by atoms with van der Waals surface area (Å²) < 4.78 is 72.9. The van der Waals surface area contributed by atoms with Gasteiger partial charge in [-0.05, 0) is 0 Å². The first-order valence-corrected chi connectivity index (χ1v) is 3.83. The molecular formula is C7H8F6O2. The zero-order valence-corrected chi connectivity index (χ0v) is 7.41. The van der Waals surface area contributed by atoms with Gasteiger partial charge in [-0.2, -0.15) is 26.3 Å². The topological polar surface area (TPSA) is 26.3 Å². The van der Waals surface area contributed by atoms with E-state index >= 15 is 0 Å². The number of alkyl halides is 6. The van der Waals surface area contributed by atoms with E-state index in [2.05, 4.69) is 4.74 Å². The second kappa shape index (κ2) is 5.34. The molecule has 8 heteroatoms. The third-order valence-electron chi connectivity index (χ3n) is 1.22. The van der Waals surface area contributed by atoms with Crippen molar-refractivity contribution in [3.05, 3.63) is 0 Å². The van der Waals surface area contributed by atoms with Crippen molar-refractivity contribution in [3.8, 4) is 0 Å². The number of hydrogen-bond donors (Lipinski definition) is 0. The molecule has 0 amide bonds. The van der Waals surface area contributed by atoms with Crippen LogP contribution in [-0.4, -0.2) is 31.3 Å². The molecule has 0 aliphatic carbocycles. The number of carbonyl (C=O) groups excluding carboxylic acids is 1. The Balaban J connectivity index is 3.60. The standard InChI is InChI=1S/C7H8F6O2/c8-6(9,10)2-1-5(14)3-15-4-7(11,12)13/h1-4H2. The lowest BCUT2D eigenvalue weighted by atomic mass is 10.2. The summed E-state index contributed by atoms with van der Waals surface area (Å²) in [6, 6.07) is 0. The van der Waals surface area contributed by atoms with E-state index in [0.717, 1.165) is 0 Å². The van der Waals surface area contributed by atoms with Gasteiger partial charge in [0.2, 0.25) is 0 Å². The molecule has 15 heavy (non-hydrogen) atoms. The summed E-state index contributed by atoms with van der Waals surface area (Å²) in [6.45, 7) is -2.58. The largest absolute Gasteiger partial charge is 0.411 e. The summed E-state index contributed by atoms with van der Waals surface area (Å²) in [5.74, 6) is -1.00. The highest BCUT2D eigenvalue weighted by Gasteiger charge is 2.29. The summed E-state index contributed by atoms with van der Waals surface area (Å²) in [7, 11) is 0. The van der Waals surface area contributed by atoms with Gasteiger partial charge in [-0.3, -0.25) is 4.79 Å². The van der Waals surface area contributed by atoms with Gasteiger partial charge in [-0.15, -0.1) is 0 Å². The van der Waals surface area contributed by atoms with Crippen molar-refractivity contribution < 1.29 is 35.9 Å². The molecule has 0 aromatic rings. The minimum Gasteiger partial charge on any atom is -0.364 e. The Morgan fingerprint density at radius 2 is 1.53 bits per heavy atom. The molecule has 0 aliphatic heterocycles. The summed E-state index contributed by atoms with van der Waals surface area (Å²) in [5.41, 5.74) is 0. The van der Waals surface area contributed by atoms with Gasteiger partial charge in [0.1, 0.15) is 13.2 Å². The lowest BCUT2D eigenvalue weighted by Crippen LogP contribution is -2.21. The molecule has 90 valence electrons. The number of Topliss-reactive ketones (excluding diaryl/α,β-unsaturated/α-hetero) is 1. The highest BCUT2D eigenvalue weighted by atomic mass is 19.4. The molecule has 0 aromatic carbocycles. The fourth-order valence-corrected chi connectivity index (χ4v) is 0.634. The molecule has 0 aliphatic rings. The molecule has 0 heterocycles. The van der Waals surface area contributed by atoms with Gasteiger partial charge in [0.15, 0.2) is 5.78 Å². The minimum absolute atomic E-state index is 0.860. The average molecular weight is 238 g/mol. The molecule has 0 unspecified atom stereocenters. The summed E-state index contributed by atoms with van der Waals surface area (Å²) >= 11 is 0. The zero-order chi connectivity index (χ0) is 12.1. The second-order valence-electron chi connectivity index (χ2n) is 2.76. The smallest absolute Gasteiger partial charge is 0.364 e. The molecule has 2 nitrogen and oxygen atoms in total. The maximum absolute atomic E-state index is 11.6. The van der Waals surface area contributed by atoms with Crippen LogP contribution in [0.3, 0.4) is 0 Å². The molecule has 0 aromatic heterocycles. The first-order chi connectivity index (χ1) is 6.60. The van der Waals surface area contributed by atoms with E-state index in [4.69, 9.17) is 0 Å². The van der Waals surface area contributed by atoms with Gasteiger partial charge in [0.25, 0.3) is 0 Å². The highest BCUT2D eigenvalue weighted by Crippen LogP contribution is 2.21. The predicted octanol–water partition coefficient (Wildman–Crippen LogP) is 2.48. The summed E-state index contributed by atoms with van der Waals surface area (Å²) in [4.78, 5) is 10.6. The Morgan fingerprint density at radius 3 is 1.93 bits per heavy atom. The number of rotatable bonds is 5. The quantitative estimate of drug-likeness (QED) is 0.688. The van der Waals surface area contributed by atoms with Crippen molar-refractivity contribution in [1.82, 2.24) is 0 Å². The van der Waals surface area contributed by atoms with Crippen LogP contribution < -0.4 is 0 Å². The van der Waals surface area contributed by atoms with E-state index in [9.17, 15) is 31.1 Å². The van der Waals surface area contributed by atoms with E-state index in [0.29, 0.717) is 0 Å². The van der Waals surface area contributed by atoms with E-state index < -0.39 is 44.2 Å². The van der Waals surface area contributed by atoms with Crippen LogP contribution in [0.5, 0.6) is 0 Å². The molecule has 0 saturated carbocycles. The molecule has 0 saturated heterocycles. The second-order valence-corrected chi connectivity index (χ2v) is 2.76. The fourth-order valence-electron chi connectivity index (χ4n) is 0.634. The van der Waals surface area contributed by atoms with Gasteiger partial charge in [0, 0.05) is 6.42 Å². The Labute approximate surface area is 81.2 Å². The number of ether oxygens (including phenoxy) is 1. The molecule has 0 spiro atoms. The van der Waals surface area contributed by atoms with Gasteiger partial charge in [-0.1, -0.05) is 0 Å². The highest BCUT2D eigenvalue weighted by molar-refractivity contribution is 5.79. The van der Waals surface area contributed by atoms with Crippen LogP contribution in [0.25, 0.3) is 0 Å². The van der Waals surface area contributed by atoms with Crippen LogP contribution in [-0.2, 0) is 9.53 Å². The first kappa shape index (κ1) is 14.2. The molecule has 0 N–H and O–H groups in total. The minimum atomic E-state index is -4.58. The Morgan fingerprint density at radius 1 is 1.00 bits per heavy atom. The lowest BCUT2D eigenvalue weighted by Gasteiger charge is -2.07. The van der Waals surface area contributed by atoms with E-state index in [1.54, 1.807) is 0 Å². The summed E-state index contributed by atoms with van der Waals surface area (Å²) in [5, 5.41) is 0. The normalized spacial score (nSPS) is 12.9. The average Bonchev–Trinajstić information content (AvgIpc) is 1.97. The zero-order valence-electron chi connectivity index (χ0n) is 7.41. The van der Waals surface area contributed by atoms with Gasteiger partial charge >= 0.3 is 12.4 Å². The Hall–Kier alpha value is -0.790. The van der Waals surface area contributed by atoms with Gasteiger partial charge in [-0.25, -0.2) is 0 Å². The maximum Gasteiger partial charge on any atom is 0.411 e. The van der Waals surface area contributed by atoms with Crippen LogP contribution in [0.4, 0.5) is 26.3 Å². The molecule has 0 atom stereocenters. The van der Waals surface area contributed by atoms with Crippen molar-refractivity contribution in [2.45, 2.75) is 25.2 Å². The molecular weight excluding hydrogens is 230 g/mol. The van der Waals surface area contributed by atoms with Crippen molar-refractivity contribution >= 4 is 5.78 Å². The first-order valence-electron chi connectivity index (χ1n) is 3.83. The molecule has 0 fully saturated rings. The van der Waals surface area contributed by atoms with Gasteiger partial charge < -0.3 is 4.74 Å². The van der Waals surface area contributed by atoms with Crippen molar-refractivity contribution in [3.63, 3.8) is 0 Å². The Bertz CT molecular complexity index is 207. The van der Waals surface area contributed by atoms with Crippen LogP contribution >= 0.6 is 0 Å². The molecule has 0 radical (unpaired) electrons. The van der Waals surface area contributed by atoms with Crippen LogP contribution in [0.2, 0.25) is 0 Å². The van der Waals surface area contributed by atoms with Crippen LogP contribution in [0.1, 0.15) is 12.8 Å². The van der Waals surface area contributed by atoms with Crippen molar-refractivity contribution in [2.24, 2.45) is 0 Å². The van der Waals surface area contributed by atoms with E-state index in [1.807, 2.05) is 0 Å². The number of carbonyl (C=O) groups is 1. The van der Waals surface area contributed by atoms with E-state index in [-0.39, 0.29) is 0 Å². The number of hydrogen-bond acceptors (Lipinski definition) is 2.